The van der Waals surface area contributed by atoms with E-state index in [-0.39, 0.29) is 24.0 Å². The first-order valence-corrected chi connectivity index (χ1v) is 8.89. The Morgan fingerprint density at radius 1 is 1.45 bits per heavy atom. The minimum atomic E-state index is 0. The van der Waals surface area contributed by atoms with Crippen LogP contribution in [0, 0.1) is 6.92 Å². The van der Waals surface area contributed by atoms with Gasteiger partial charge in [0.1, 0.15) is 0 Å². The van der Waals surface area contributed by atoms with Gasteiger partial charge in [-0.25, -0.2) is 4.99 Å². The van der Waals surface area contributed by atoms with Crippen LogP contribution in [0.15, 0.2) is 16.4 Å². The number of guanidine groups is 1. The molecule has 1 fully saturated rings. The number of aryl methyl sites for hydroxylation is 1. The van der Waals surface area contributed by atoms with Gasteiger partial charge >= 0.3 is 0 Å². The zero-order valence-electron chi connectivity index (χ0n) is 12.1. The van der Waals surface area contributed by atoms with Gasteiger partial charge in [0.05, 0.1) is 6.54 Å². The summed E-state index contributed by atoms with van der Waals surface area (Å²) in [7, 11) is 0. The fourth-order valence-electron chi connectivity index (χ4n) is 2.07. The molecule has 0 aliphatic carbocycles. The molecule has 114 valence electrons. The van der Waals surface area contributed by atoms with Gasteiger partial charge in [-0.1, -0.05) is 0 Å². The molecule has 3 nitrogen and oxygen atoms in total. The Morgan fingerprint density at radius 3 is 2.90 bits per heavy atom. The van der Waals surface area contributed by atoms with Gasteiger partial charge < -0.3 is 10.6 Å². The molecule has 0 radical (unpaired) electrons. The number of halogens is 1. The van der Waals surface area contributed by atoms with E-state index in [4.69, 9.17) is 0 Å². The first-order chi connectivity index (χ1) is 9.29. The fourth-order valence-corrected chi connectivity index (χ4v) is 4.11. The average molecular weight is 425 g/mol. The maximum Gasteiger partial charge on any atom is 0.191 e. The van der Waals surface area contributed by atoms with Gasteiger partial charge in [0.2, 0.25) is 0 Å². The summed E-state index contributed by atoms with van der Waals surface area (Å²) in [6, 6.07) is 2.16. The second-order valence-electron chi connectivity index (χ2n) is 4.74. The highest BCUT2D eigenvalue weighted by molar-refractivity contribution is 14.0. The number of nitrogens with one attached hydrogen (secondary N) is 2. The third kappa shape index (κ3) is 5.81. The molecule has 0 aromatic carbocycles. The van der Waals surface area contributed by atoms with Crippen LogP contribution < -0.4 is 10.6 Å². The van der Waals surface area contributed by atoms with Crippen LogP contribution >= 0.6 is 47.1 Å². The molecule has 1 aliphatic heterocycles. The van der Waals surface area contributed by atoms with Crippen molar-refractivity contribution in [2.24, 2.45) is 4.99 Å². The van der Waals surface area contributed by atoms with Crippen molar-refractivity contribution >= 4 is 53.0 Å². The van der Waals surface area contributed by atoms with E-state index in [0.717, 1.165) is 30.8 Å². The van der Waals surface area contributed by atoms with E-state index in [1.54, 1.807) is 11.3 Å². The molecule has 0 spiro atoms. The number of thiophene rings is 1. The Balaban J connectivity index is 0.00000200. The molecular weight excluding hydrogens is 401 g/mol. The third-order valence-corrected chi connectivity index (χ3v) is 5.62. The predicted molar refractivity (Wildman–Crippen MR) is 103 cm³/mol. The van der Waals surface area contributed by atoms with E-state index in [1.807, 2.05) is 0 Å². The molecule has 0 saturated carbocycles. The smallest absolute Gasteiger partial charge is 0.191 e. The first kappa shape index (κ1) is 18.1. The van der Waals surface area contributed by atoms with Crippen molar-refractivity contribution in [3.8, 4) is 0 Å². The summed E-state index contributed by atoms with van der Waals surface area (Å²) in [4.78, 5) is 6.03. The van der Waals surface area contributed by atoms with Crippen molar-refractivity contribution in [2.75, 3.05) is 18.8 Å². The number of hydrogen-bond donors (Lipinski definition) is 2. The van der Waals surface area contributed by atoms with Crippen LogP contribution in [0.4, 0.5) is 0 Å². The number of hydrogen-bond acceptors (Lipinski definition) is 3. The molecule has 1 unspecified atom stereocenters. The molecule has 1 aromatic heterocycles. The molecule has 20 heavy (non-hydrogen) atoms. The predicted octanol–water partition coefficient (Wildman–Crippen LogP) is 3.63. The molecule has 2 heterocycles. The lowest BCUT2D eigenvalue weighted by Gasteiger charge is -2.14. The van der Waals surface area contributed by atoms with E-state index in [9.17, 15) is 0 Å². The number of thioether (sulfide) groups is 1. The van der Waals surface area contributed by atoms with Crippen molar-refractivity contribution in [2.45, 2.75) is 38.5 Å². The van der Waals surface area contributed by atoms with Crippen molar-refractivity contribution < 1.29 is 0 Å². The van der Waals surface area contributed by atoms with E-state index < -0.39 is 0 Å². The van der Waals surface area contributed by atoms with E-state index in [2.05, 4.69) is 52.7 Å². The van der Waals surface area contributed by atoms with Crippen LogP contribution in [-0.4, -0.2) is 30.1 Å². The van der Waals surface area contributed by atoms with Crippen LogP contribution in [-0.2, 0) is 6.54 Å². The lowest BCUT2D eigenvalue weighted by Crippen LogP contribution is -2.40. The van der Waals surface area contributed by atoms with Gasteiger partial charge in [-0.05, 0) is 49.5 Å². The number of aliphatic imine (C=N–C) groups is 1. The minimum Gasteiger partial charge on any atom is -0.357 e. The first-order valence-electron chi connectivity index (χ1n) is 6.96. The van der Waals surface area contributed by atoms with Crippen LogP contribution in [0.3, 0.4) is 0 Å². The van der Waals surface area contributed by atoms with Crippen LogP contribution in [0.25, 0.3) is 0 Å². The Labute approximate surface area is 147 Å². The Morgan fingerprint density at radius 2 is 2.30 bits per heavy atom. The SMILES string of the molecule is CCNC(=NCc1sccc1C)NCC1CCCS1.I. The second-order valence-corrected chi connectivity index (χ2v) is 7.15. The summed E-state index contributed by atoms with van der Waals surface area (Å²) in [5.74, 6) is 2.26. The molecule has 2 N–H and O–H groups in total. The fraction of sp³-hybridized carbons (Fsp3) is 0.643. The normalized spacial score (nSPS) is 18.7. The summed E-state index contributed by atoms with van der Waals surface area (Å²) in [6.07, 6.45) is 2.69. The maximum atomic E-state index is 4.67. The van der Waals surface area contributed by atoms with Crippen molar-refractivity contribution in [1.82, 2.24) is 10.6 Å². The van der Waals surface area contributed by atoms with Gasteiger partial charge in [-0.2, -0.15) is 11.8 Å². The number of nitrogens with zero attached hydrogens (tertiary/aromatic N) is 1. The maximum absolute atomic E-state index is 4.67. The van der Waals surface area contributed by atoms with E-state index in [0.29, 0.717) is 0 Å². The van der Waals surface area contributed by atoms with Gasteiger partial charge in [0, 0.05) is 23.2 Å². The quantitative estimate of drug-likeness (QED) is 0.430. The van der Waals surface area contributed by atoms with Crippen LogP contribution in [0.5, 0.6) is 0 Å². The molecule has 2 rings (SSSR count). The Hall–Kier alpha value is 0.0500. The van der Waals surface area contributed by atoms with Crippen molar-refractivity contribution in [3.05, 3.63) is 21.9 Å². The number of rotatable bonds is 5. The lowest BCUT2D eigenvalue weighted by atomic mass is 10.2. The molecule has 1 aliphatic rings. The molecule has 0 bridgehead atoms. The average Bonchev–Trinajstić information content (AvgIpc) is 3.04. The van der Waals surface area contributed by atoms with Gasteiger partial charge in [0.25, 0.3) is 0 Å². The topological polar surface area (TPSA) is 36.4 Å². The van der Waals surface area contributed by atoms with Crippen LogP contribution in [0.1, 0.15) is 30.2 Å². The molecule has 0 amide bonds. The standard InChI is InChI=1S/C14H23N3S2.HI/c1-3-15-14(16-9-12-5-4-7-18-12)17-10-13-11(2)6-8-19-13;/h6,8,12H,3-5,7,9-10H2,1-2H3,(H2,15,16,17);1H. The zero-order chi connectivity index (χ0) is 13.5. The Bertz CT molecular complexity index is 414. The van der Waals surface area contributed by atoms with Gasteiger partial charge in [0.15, 0.2) is 5.96 Å². The summed E-state index contributed by atoms with van der Waals surface area (Å²) < 4.78 is 0. The second kappa shape index (κ2) is 9.89. The van der Waals surface area contributed by atoms with Gasteiger partial charge in [-0.3, -0.25) is 0 Å². The molecule has 6 heteroatoms. The van der Waals surface area contributed by atoms with Gasteiger partial charge in [-0.15, -0.1) is 35.3 Å². The summed E-state index contributed by atoms with van der Waals surface area (Å²) in [5, 5.41) is 9.68. The lowest BCUT2D eigenvalue weighted by molar-refractivity contribution is 0.727. The third-order valence-electron chi connectivity index (χ3n) is 3.21. The summed E-state index contributed by atoms with van der Waals surface area (Å²) in [6.45, 7) is 6.97. The highest BCUT2D eigenvalue weighted by atomic mass is 127. The van der Waals surface area contributed by atoms with E-state index in [1.165, 1.54) is 29.0 Å². The largest absolute Gasteiger partial charge is 0.357 e. The molecule has 1 aromatic rings. The summed E-state index contributed by atoms with van der Waals surface area (Å²) >= 11 is 3.86. The van der Waals surface area contributed by atoms with Crippen molar-refractivity contribution in [3.63, 3.8) is 0 Å². The Kier molecular flexibility index (Phi) is 8.95. The molecule has 1 saturated heterocycles. The molecule has 1 atom stereocenters. The monoisotopic (exact) mass is 425 g/mol. The highest BCUT2D eigenvalue weighted by Crippen LogP contribution is 2.25. The highest BCUT2D eigenvalue weighted by Gasteiger charge is 2.15. The van der Waals surface area contributed by atoms with E-state index >= 15 is 0 Å². The molecular formula is C14H24IN3S2. The zero-order valence-corrected chi connectivity index (χ0v) is 16.1. The summed E-state index contributed by atoms with van der Waals surface area (Å²) in [5.41, 5.74) is 1.34. The van der Waals surface area contributed by atoms with Crippen molar-refractivity contribution in [1.29, 1.82) is 0 Å². The van der Waals surface area contributed by atoms with Crippen LogP contribution in [0.2, 0.25) is 0 Å². The minimum absolute atomic E-state index is 0.